The van der Waals surface area contributed by atoms with Gasteiger partial charge in [0.15, 0.2) is 5.82 Å². The Morgan fingerprint density at radius 3 is 2.74 bits per heavy atom. The lowest BCUT2D eigenvalue weighted by atomic mass is 10.0. The first kappa shape index (κ1) is 29.3. The molecule has 43 heavy (non-hydrogen) atoms. The molecule has 0 saturated carbocycles. The summed E-state index contributed by atoms with van der Waals surface area (Å²) in [7, 11) is 1.78. The zero-order valence-electron chi connectivity index (χ0n) is 24.7. The van der Waals surface area contributed by atoms with Crippen LogP contribution in [0.2, 0.25) is 5.02 Å². The largest absolute Gasteiger partial charge is 0.491 e. The second-order valence-corrected chi connectivity index (χ2v) is 11.3. The molecule has 0 bridgehead atoms. The number of halogens is 1. The summed E-state index contributed by atoms with van der Waals surface area (Å²) in [6, 6.07) is 9.31. The van der Waals surface area contributed by atoms with Crippen LogP contribution >= 0.6 is 11.6 Å². The molecule has 226 valence electrons. The predicted octanol–water partition coefficient (Wildman–Crippen LogP) is 4.42. The maximum atomic E-state index is 10.1. The van der Waals surface area contributed by atoms with Gasteiger partial charge in [0.25, 0.3) is 0 Å². The Kier molecular flexibility index (Phi) is 8.49. The highest BCUT2D eigenvalue weighted by Gasteiger charge is 2.28. The van der Waals surface area contributed by atoms with Gasteiger partial charge in [-0.05, 0) is 57.6 Å². The van der Waals surface area contributed by atoms with Crippen LogP contribution in [0.3, 0.4) is 0 Å². The molecule has 0 spiro atoms. The summed E-state index contributed by atoms with van der Waals surface area (Å²) in [5.74, 6) is 3.03. The minimum Gasteiger partial charge on any atom is -0.491 e. The van der Waals surface area contributed by atoms with Crippen LogP contribution < -0.4 is 19.7 Å². The number of nitrogens with zero attached hydrogens (tertiary/aromatic N) is 5. The number of aromatic nitrogens is 4. The van der Waals surface area contributed by atoms with Crippen molar-refractivity contribution in [2.75, 3.05) is 38.3 Å². The maximum Gasteiger partial charge on any atom is 0.213 e. The number of benzene rings is 1. The Labute approximate surface area is 255 Å². The van der Waals surface area contributed by atoms with E-state index in [0.717, 1.165) is 46.0 Å². The lowest BCUT2D eigenvalue weighted by Crippen LogP contribution is -2.29. The Morgan fingerprint density at radius 1 is 1.14 bits per heavy atom. The Balaban J connectivity index is 1.37. The van der Waals surface area contributed by atoms with Gasteiger partial charge in [-0.25, -0.2) is 15.0 Å². The molecule has 3 aromatic heterocycles. The first-order valence-electron chi connectivity index (χ1n) is 14.4. The summed E-state index contributed by atoms with van der Waals surface area (Å²) >= 11 is 6.72. The molecule has 5 heterocycles. The fraction of sp³-hybridized carbons (Fsp3) is 0.419. The molecule has 0 unspecified atom stereocenters. The van der Waals surface area contributed by atoms with Gasteiger partial charge in [-0.2, -0.15) is 0 Å². The van der Waals surface area contributed by atoms with Crippen LogP contribution in [0.25, 0.3) is 22.6 Å². The van der Waals surface area contributed by atoms with Crippen molar-refractivity contribution in [2.45, 2.75) is 52.5 Å². The quantitative estimate of drug-likeness (QED) is 0.266. The molecule has 0 aliphatic carbocycles. The lowest BCUT2D eigenvalue weighted by molar-refractivity contribution is 0.108. The van der Waals surface area contributed by atoms with E-state index in [0.29, 0.717) is 66.6 Å². The summed E-state index contributed by atoms with van der Waals surface area (Å²) < 4.78 is 22.9. The molecule has 12 heteroatoms. The molecule has 1 saturated heterocycles. The van der Waals surface area contributed by atoms with E-state index in [9.17, 15) is 5.11 Å². The molecule has 1 fully saturated rings. The molecule has 6 rings (SSSR count). The summed E-state index contributed by atoms with van der Waals surface area (Å²) in [4.78, 5) is 17.1. The van der Waals surface area contributed by atoms with Crippen LogP contribution in [-0.2, 0) is 17.8 Å². The first-order valence-corrected chi connectivity index (χ1v) is 14.7. The molecule has 0 amide bonds. The number of ether oxygens (including phenoxy) is 3. The van der Waals surface area contributed by atoms with Gasteiger partial charge in [0, 0.05) is 36.7 Å². The van der Waals surface area contributed by atoms with Gasteiger partial charge in [0.1, 0.15) is 36.1 Å². The number of aliphatic hydroxyl groups is 1. The number of anilines is 1. The monoisotopic (exact) mass is 606 g/mol. The number of aryl methyl sites for hydroxylation is 2. The van der Waals surface area contributed by atoms with Crippen LogP contribution in [-0.4, -0.2) is 70.8 Å². The van der Waals surface area contributed by atoms with Crippen LogP contribution in [0.4, 0.5) is 5.82 Å². The SMILES string of the molecule is CNC[C@@H](O)COc1ccc(Cl)c(-c2nc(-c3c(C)noc3C)c(C)c(N3Cc4ccc(O[C@H]5CCOC5)nc4C3)n2)c1. The fourth-order valence-electron chi connectivity index (χ4n) is 5.48. The van der Waals surface area contributed by atoms with Crippen molar-refractivity contribution in [1.29, 1.82) is 0 Å². The number of aliphatic hydroxyl groups excluding tert-OH is 1. The molecule has 2 N–H and O–H groups in total. The molecule has 2 aliphatic heterocycles. The summed E-state index contributed by atoms with van der Waals surface area (Å²) in [5.41, 5.74) is 5.85. The van der Waals surface area contributed by atoms with Gasteiger partial charge in [0.05, 0.1) is 47.4 Å². The number of hydrogen-bond donors (Lipinski definition) is 2. The topological polar surface area (TPSA) is 128 Å². The zero-order valence-corrected chi connectivity index (χ0v) is 25.4. The van der Waals surface area contributed by atoms with E-state index in [1.54, 1.807) is 25.2 Å². The van der Waals surface area contributed by atoms with Gasteiger partial charge in [0.2, 0.25) is 5.88 Å². The van der Waals surface area contributed by atoms with Crippen LogP contribution in [0, 0.1) is 20.8 Å². The minimum absolute atomic E-state index is 0.0309. The first-order chi connectivity index (χ1) is 20.8. The van der Waals surface area contributed by atoms with Crippen LogP contribution in [0.15, 0.2) is 34.9 Å². The fourth-order valence-corrected chi connectivity index (χ4v) is 5.68. The lowest BCUT2D eigenvalue weighted by Gasteiger charge is -2.22. The normalized spacial score (nSPS) is 16.9. The van der Waals surface area contributed by atoms with E-state index in [1.165, 1.54) is 0 Å². The smallest absolute Gasteiger partial charge is 0.213 e. The van der Waals surface area contributed by atoms with Gasteiger partial charge in [-0.3, -0.25) is 0 Å². The van der Waals surface area contributed by atoms with Crippen molar-refractivity contribution in [3.8, 4) is 34.3 Å². The highest BCUT2D eigenvalue weighted by Crippen LogP contribution is 2.39. The highest BCUT2D eigenvalue weighted by molar-refractivity contribution is 6.33. The van der Waals surface area contributed by atoms with Crippen molar-refractivity contribution in [2.24, 2.45) is 0 Å². The van der Waals surface area contributed by atoms with E-state index in [1.807, 2.05) is 26.8 Å². The van der Waals surface area contributed by atoms with E-state index in [4.69, 9.17) is 45.3 Å². The van der Waals surface area contributed by atoms with Gasteiger partial charge < -0.3 is 34.1 Å². The Morgan fingerprint density at radius 2 is 2.00 bits per heavy atom. The average Bonchev–Trinajstić information content (AvgIpc) is 3.73. The van der Waals surface area contributed by atoms with E-state index < -0.39 is 6.10 Å². The maximum absolute atomic E-state index is 10.1. The molecule has 2 atom stereocenters. The number of rotatable bonds is 10. The highest BCUT2D eigenvalue weighted by atomic mass is 35.5. The van der Waals surface area contributed by atoms with Crippen molar-refractivity contribution < 1.29 is 23.8 Å². The summed E-state index contributed by atoms with van der Waals surface area (Å²) in [6.45, 7) is 8.83. The average molecular weight is 607 g/mol. The minimum atomic E-state index is -0.652. The van der Waals surface area contributed by atoms with Crippen molar-refractivity contribution in [3.05, 3.63) is 63.6 Å². The van der Waals surface area contributed by atoms with Gasteiger partial charge in [-0.1, -0.05) is 16.8 Å². The van der Waals surface area contributed by atoms with E-state index in [-0.39, 0.29) is 12.7 Å². The van der Waals surface area contributed by atoms with Gasteiger partial charge in [-0.15, -0.1) is 0 Å². The second-order valence-electron chi connectivity index (χ2n) is 10.9. The Bertz CT molecular complexity index is 1600. The predicted molar refractivity (Wildman–Crippen MR) is 162 cm³/mol. The summed E-state index contributed by atoms with van der Waals surface area (Å²) in [6.07, 6.45) is 0.243. The number of nitrogens with one attached hydrogen (secondary N) is 1. The van der Waals surface area contributed by atoms with Crippen molar-refractivity contribution in [1.82, 2.24) is 25.4 Å². The standard InChI is InChI=1S/C31H35ClN6O5/c1-17-29(28-18(2)37-43-19(28)3)35-30(24-11-22(6-7-25(24)32)41-15-21(39)12-33-4)36-31(17)38-13-20-5-8-27(34-26(20)14-38)42-23-9-10-40-16-23/h5-8,11,21,23,33,39H,9-10,12-16H2,1-4H3/t21-,23+/m1/s1. The number of pyridine rings is 1. The molecular formula is C31H35ClN6O5. The molecule has 1 aromatic carbocycles. The Hall–Kier alpha value is -3.77. The summed E-state index contributed by atoms with van der Waals surface area (Å²) in [5, 5.41) is 17.7. The number of hydrogen-bond acceptors (Lipinski definition) is 11. The third-order valence-corrected chi connectivity index (χ3v) is 8.00. The third kappa shape index (κ3) is 6.16. The van der Waals surface area contributed by atoms with Crippen LogP contribution in [0.1, 0.15) is 34.7 Å². The molecule has 2 aliphatic rings. The van der Waals surface area contributed by atoms with Crippen molar-refractivity contribution in [3.63, 3.8) is 0 Å². The molecule has 11 nitrogen and oxygen atoms in total. The molecule has 0 radical (unpaired) electrons. The van der Waals surface area contributed by atoms with E-state index in [2.05, 4.69) is 21.4 Å². The van der Waals surface area contributed by atoms with Gasteiger partial charge >= 0.3 is 0 Å². The zero-order chi connectivity index (χ0) is 30.1. The van der Waals surface area contributed by atoms with Crippen LogP contribution in [0.5, 0.6) is 11.6 Å². The van der Waals surface area contributed by atoms with E-state index >= 15 is 0 Å². The molecule has 4 aromatic rings. The number of likely N-dealkylation sites (N-methyl/N-ethyl adjacent to an activating group) is 1. The van der Waals surface area contributed by atoms with Crippen molar-refractivity contribution >= 4 is 17.4 Å². The second kappa shape index (κ2) is 12.5. The number of fused-ring (bicyclic) bond motifs is 1. The third-order valence-electron chi connectivity index (χ3n) is 7.67. The molecular weight excluding hydrogens is 572 g/mol.